The number of rotatable bonds is 5. The minimum atomic E-state index is -3.73. The van der Waals surface area contributed by atoms with Gasteiger partial charge >= 0.3 is 0 Å². The van der Waals surface area contributed by atoms with Crippen molar-refractivity contribution in [3.8, 4) is 5.75 Å². The van der Waals surface area contributed by atoms with Crippen LogP contribution < -0.4 is 4.74 Å². The van der Waals surface area contributed by atoms with Crippen molar-refractivity contribution in [1.29, 1.82) is 0 Å². The Balaban J connectivity index is 2.41. The van der Waals surface area contributed by atoms with Crippen molar-refractivity contribution in [3.63, 3.8) is 0 Å². The van der Waals surface area contributed by atoms with Gasteiger partial charge in [-0.25, -0.2) is 8.42 Å². The van der Waals surface area contributed by atoms with Crippen molar-refractivity contribution < 1.29 is 17.9 Å². The van der Waals surface area contributed by atoms with Gasteiger partial charge in [0.15, 0.2) is 0 Å². The van der Waals surface area contributed by atoms with Gasteiger partial charge in [0.1, 0.15) is 5.75 Å². The van der Waals surface area contributed by atoms with Crippen LogP contribution in [0.4, 0.5) is 0 Å². The highest BCUT2D eigenvalue weighted by Crippen LogP contribution is 2.33. The first-order chi connectivity index (χ1) is 11.6. The monoisotopic (exact) mass is 368 g/mol. The number of piperazine rings is 1. The Kier molecular flexibility index (Phi) is 5.79. The van der Waals surface area contributed by atoms with Crippen LogP contribution in [0, 0.1) is 6.92 Å². The minimum absolute atomic E-state index is 0.0765. The van der Waals surface area contributed by atoms with E-state index in [1.807, 2.05) is 27.7 Å². The second-order valence-corrected chi connectivity index (χ2v) is 8.94. The van der Waals surface area contributed by atoms with Crippen LogP contribution in [-0.2, 0) is 14.8 Å². The Hall–Kier alpha value is -1.60. The molecule has 1 aliphatic rings. The summed E-state index contributed by atoms with van der Waals surface area (Å²) >= 11 is 0. The molecule has 25 heavy (non-hydrogen) atoms. The summed E-state index contributed by atoms with van der Waals surface area (Å²) in [7, 11) is -2.14. The summed E-state index contributed by atoms with van der Waals surface area (Å²) in [5.74, 6) is 0.663. The van der Waals surface area contributed by atoms with E-state index in [-0.39, 0.29) is 29.3 Å². The lowest BCUT2D eigenvalue weighted by Gasteiger charge is -2.36. The van der Waals surface area contributed by atoms with E-state index in [1.54, 1.807) is 31.1 Å². The molecule has 0 atom stereocenters. The summed E-state index contributed by atoms with van der Waals surface area (Å²) in [6.07, 6.45) is 0. The number of sulfonamides is 1. The first-order valence-electron chi connectivity index (χ1n) is 8.57. The van der Waals surface area contributed by atoms with Gasteiger partial charge in [-0.15, -0.1) is 0 Å². The van der Waals surface area contributed by atoms with E-state index in [0.717, 1.165) is 5.56 Å². The Morgan fingerprint density at radius 2 is 1.76 bits per heavy atom. The fourth-order valence-electron chi connectivity index (χ4n) is 3.14. The number of carbonyl (C=O) groups excluding carboxylic acids is 1. The van der Waals surface area contributed by atoms with E-state index < -0.39 is 10.0 Å². The van der Waals surface area contributed by atoms with Gasteiger partial charge in [-0.05, 0) is 49.9 Å². The number of carbonyl (C=O) groups is 1. The molecule has 6 nitrogen and oxygen atoms in total. The second kappa shape index (κ2) is 7.33. The third kappa shape index (κ3) is 3.82. The van der Waals surface area contributed by atoms with Crippen molar-refractivity contribution >= 4 is 15.9 Å². The molecular weight excluding hydrogens is 340 g/mol. The topological polar surface area (TPSA) is 66.9 Å². The zero-order valence-electron chi connectivity index (χ0n) is 15.9. The number of aryl methyl sites for hydroxylation is 1. The molecule has 1 aromatic rings. The van der Waals surface area contributed by atoms with Gasteiger partial charge in [0.2, 0.25) is 15.9 Å². The summed E-state index contributed by atoms with van der Waals surface area (Å²) in [5, 5.41) is 0. The second-order valence-electron chi connectivity index (χ2n) is 7.03. The smallest absolute Gasteiger partial charge is 0.243 e. The van der Waals surface area contributed by atoms with Gasteiger partial charge in [-0.1, -0.05) is 13.8 Å². The normalized spacial score (nSPS) is 16.8. The van der Waals surface area contributed by atoms with E-state index in [1.165, 1.54) is 4.31 Å². The third-order valence-corrected chi connectivity index (χ3v) is 6.60. The standard InChI is InChI=1S/C18H28N2O4S/c1-12(2)15-10-17(14(5)9-16(15)24-6)25(22,23)19-7-8-20(13(3)4)18(21)11-19/h9-10,12-13H,7-8,11H2,1-6H3. The van der Waals surface area contributed by atoms with E-state index in [2.05, 4.69) is 0 Å². The van der Waals surface area contributed by atoms with E-state index >= 15 is 0 Å². The van der Waals surface area contributed by atoms with Gasteiger partial charge in [0, 0.05) is 19.1 Å². The lowest BCUT2D eigenvalue weighted by molar-refractivity contribution is -0.135. The average Bonchev–Trinajstić information content (AvgIpc) is 2.53. The fraction of sp³-hybridized carbons (Fsp3) is 0.611. The first kappa shape index (κ1) is 19.7. The molecule has 1 amide bonds. The van der Waals surface area contributed by atoms with Crippen molar-refractivity contribution in [1.82, 2.24) is 9.21 Å². The molecule has 0 N–H and O–H groups in total. The highest BCUT2D eigenvalue weighted by atomic mass is 32.2. The molecule has 0 radical (unpaired) electrons. The molecule has 1 heterocycles. The van der Waals surface area contributed by atoms with Crippen LogP contribution in [0.25, 0.3) is 0 Å². The summed E-state index contributed by atoms with van der Waals surface area (Å²) in [6.45, 7) is 10.2. The van der Waals surface area contributed by atoms with Crippen molar-refractivity contribution in [2.24, 2.45) is 0 Å². The highest BCUT2D eigenvalue weighted by Gasteiger charge is 2.35. The lowest BCUT2D eigenvalue weighted by atomic mass is 10.0. The predicted molar refractivity (Wildman–Crippen MR) is 97.4 cm³/mol. The Morgan fingerprint density at radius 3 is 2.24 bits per heavy atom. The highest BCUT2D eigenvalue weighted by molar-refractivity contribution is 7.89. The quantitative estimate of drug-likeness (QED) is 0.800. The number of methoxy groups -OCH3 is 1. The molecule has 0 unspecified atom stereocenters. The van der Waals surface area contributed by atoms with Crippen molar-refractivity contribution in [2.75, 3.05) is 26.7 Å². The van der Waals surface area contributed by atoms with Crippen LogP contribution >= 0.6 is 0 Å². The molecule has 0 saturated carbocycles. The predicted octanol–water partition coefficient (Wildman–Crippen LogP) is 2.37. The average molecular weight is 368 g/mol. The molecule has 0 spiro atoms. The summed E-state index contributed by atoms with van der Waals surface area (Å²) in [4.78, 5) is 14.3. The van der Waals surface area contributed by atoms with E-state index in [9.17, 15) is 13.2 Å². The van der Waals surface area contributed by atoms with Gasteiger partial charge in [-0.3, -0.25) is 4.79 Å². The molecule has 1 aliphatic heterocycles. The molecular formula is C18H28N2O4S. The van der Waals surface area contributed by atoms with E-state index in [0.29, 0.717) is 24.4 Å². The maximum atomic E-state index is 13.1. The Bertz CT molecular complexity index is 757. The summed E-state index contributed by atoms with van der Waals surface area (Å²) in [5.41, 5.74) is 1.47. The van der Waals surface area contributed by atoms with Crippen LogP contribution in [0.15, 0.2) is 17.0 Å². The fourth-order valence-corrected chi connectivity index (χ4v) is 4.76. The van der Waals surface area contributed by atoms with Crippen LogP contribution in [0.5, 0.6) is 5.75 Å². The van der Waals surface area contributed by atoms with Gasteiger partial charge in [-0.2, -0.15) is 4.31 Å². The van der Waals surface area contributed by atoms with Gasteiger partial charge in [0.25, 0.3) is 0 Å². The number of hydrogen-bond acceptors (Lipinski definition) is 4. The van der Waals surface area contributed by atoms with Crippen LogP contribution in [0.3, 0.4) is 0 Å². The molecule has 0 bridgehead atoms. The number of hydrogen-bond donors (Lipinski definition) is 0. The molecule has 2 rings (SSSR count). The maximum Gasteiger partial charge on any atom is 0.243 e. The summed E-state index contributed by atoms with van der Waals surface area (Å²) in [6, 6.07) is 3.52. The van der Waals surface area contributed by atoms with E-state index in [4.69, 9.17) is 4.74 Å². The molecule has 1 fully saturated rings. The number of nitrogens with zero attached hydrogens (tertiary/aromatic N) is 2. The Labute approximate surface area is 150 Å². The first-order valence-corrected chi connectivity index (χ1v) is 10.0. The largest absolute Gasteiger partial charge is 0.496 e. The minimum Gasteiger partial charge on any atom is -0.496 e. The number of amides is 1. The third-order valence-electron chi connectivity index (χ3n) is 4.61. The molecule has 0 aliphatic carbocycles. The van der Waals surface area contributed by atoms with Crippen LogP contribution in [0.2, 0.25) is 0 Å². The molecule has 7 heteroatoms. The van der Waals surface area contributed by atoms with Crippen LogP contribution in [0.1, 0.15) is 44.7 Å². The van der Waals surface area contributed by atoms with Gasteiger partial charge < -0.3 is 9.64 Å². The lowest BCUT2D eigenvalue weighted by Crippen LogP contribution is -2.54. The number of benzene rings is 1. The molecule has 140 valence electrons. The van der Waals surface area contributed by atoms with Crippen molar-refractivity contribution in [2.45, 2.75) is 51.5 Å². The molecule has 1 aromatic carbocycles. The molecule has 1 saturated heterocycles. The van der Waals surface area contributed by atoms with Crippen molar-refractivity contribution in [3.05, 3.63) is 23.3 Å². The summed E-state index contributed by atoms with van der Waals surface area (Å²) < 4.78 is 32.9. The van der Waals surface area contributed by atoms with Gasteiger partial charge in [0.05, 0.1) is 18.6 Å². The zero-order chi connectivity index (χ0) is 18.9. The maximum absolute atomic E-state index is 13.1. The van der Waals surface area contributed by atoms with Crippen LogP contribution in [-0.4, -0.2) is 56.3 Å². The SMILES string of the molecule is COc1cc(C)c(S(=O)(=O)N2CCN(C(C)C)C(=O)C2)cc1C(C)C. The Morgan fingerprint density at radius 1 is 1.12 bits per heavy atom. The zero-order valence-corrected chi connectivity index (χ0v) is 16.7. The number of ether oxygens (including phenoxy) is 1. The molecule has 0 aromatic heterocycles.